The lowest BCUT2D eigenvalue weighted by atomic mass is 9.99. The number of aliphatic hydroxyl groups is 1. The number of rotatable bonds is 5. The molecular formula is C24H23Cl2N5O2. The van der Waals surface area contributed by atoms with Crippen molar-refractivity contribution in [3.05, 3.63) is 74.1 Å². The maximum absolute atomic E-state index is 13.1. The number of aryl methyl sites for hydroxylation is 1. The average molecular weight is 484 g/mol. The molecule has 0 spiro atoms. The monoisotopic (exact) mass is 483 g/mol. The van der Waals surface area contributed by atoms with Crippen molar-refractivity contribution >= 4 is 51.4 Å². The molecule has 5 rings (SSSR count). The molecule has 7 nitrogen and oxygen atoms in total. The number of nitrogens with zero attached hydrogens (tertiary/aromatic N) is 4. The van der Waals surface area contributed by atoms with E-state index < -0.39 is 0 Å². The number of fused-ring (bicyclic) bond motifs is 1. The van der Waals surface area contributed by atoms with Gasteiger partial charge in [-0.3, -0.25) is 14.3 Å². The predicted octanol–water partition coefficient (Wildman–Crippen LogP) is 4.12. The number of likely N-dealkylation sites (tertiary alicyclic amines) is 1. The summed E-state index contributed by atoms with van der Waals surface area (Å²) in [5, 5.41) is 14.4. The molecule has 3 aromatic rings. The molecule has 2 N–H and O–H groups in total. The predicted molar refractivity (Wildman–Crippen MR) is 132 cm³/mol. The van der Waals surface area contributed by atoms with Gasteiger partial charge in [-0.05, 0) is 36.6 Å². The molecule has 0 amide bonds. The Morgan fingerprint density at radius 1 is 1.21 bits per heavy atom. The number of benzene rings is 1. The van der Waals surface area contributed by atoms with Crippen LogP contribution in [0.25, 0.3) is 16.6 Å². The third-order valence-electron chi connectivity index (χ3n) is 5.97. The zero-order valence-corrected chi connectivity index (χ0v) is 19.6. The second-order valence-corrected chi connectivity index (χ2v) is 9.30. The molecule has 0 bridgehead atoms. The number of hydrogen-bond acceptors (Lipinski definition) is 6. The molecular weight excluding hydrogens is 461 g/mol. The van der Waals surface area contributed by atoms with E-state index >= 15 is 0 Å². The highest BCUT2D eigenvalue weighted by atomic mass is 35.5. The fraction of sp³-hybridized carbons (Fsp3) is 0.292. The van der Waals surface area contributed by atoms with Gasteiger partial charge in [0.15, 0.2) is 0 Å². The molecule has 0 unspecified atom stereocenters. The number of allylic oxidation sites excluding steroid dienone is 4. The van der Waals surface area contributed by atoms with E-state index in [0.29, 0.717) is 39.2 Å². The summed E-state index contributed by atoms with van der Waals surface area (Å²) in [5.41, 5.74) is 3.35. The minimum absolute atomic E-state index is 0.201. The van der Waals surface area contributed by atoms with Crippen LogP contribution in [0.2, 0.25) is 0 Å². The highest BCUT2D eigenvalue weighted by molar-refractivity contribution is 6.42. The Kier molecular flexibility index (Phi) is 5.97. The van der Waals surface area contributed by atoms with Crippen LogP contribution >= 0.6 is 23.2 Å². The first kappa shape index (κ1) is 22.1. The molecule has 0 radical (unpaired) electrons. The third-order valence-corrected chi connectivity index (χ3v) is 6.69. The second kappa shape index (κ2) is 8.91. The number of hydrogen-bond donors (Lipinski definition) is 2. The molecule has 1 fully saturated rings. The number of nitrogens with one attached hydrogen (secondary N) is 1. The Morgan fingerprint density at radius 3 is 2.67 bits per heavy atom. The van der Waals surface area contributed by atoms with Gasteiger partial charge in [0.25, 0.3) is 5.56 Å². The molecule has 1 aromatic carbocycles. The Bertz CT molecular complexity index is 1340. The Balaban J connectivity index is 1.40. The molecule has 0 atom stereocenters. The van der Waals surface area contributed by atoms with Gasteiger partial charge in [-0.25, -0.2) is 4.98 Å². The molecule has 170 valence electrons. The van der Waals surface area contributed by atoms with E-state index in [4.69, 9.17) is 23.2 Å². The number of anilines is 2. The third kappa shape index (κ3) is 4.42. The lowest BCUT2D eigenvalue weighted by Gasteiger charge is -2.35. The van der Waals surface area contributed by atoms with E-state index in [0.717, 1.165) is 37.1 Å². The average Bonchev–Trinajstić information content (AvgIpc) is 2.77. The zero-order chi connectivity index (χ0) is 23.1. The second-order valence-electron chi connectivity index (χ2n) is 8.44. The summed E-state index contributed by atoms with van der Waals surface area (Å²) in [6.07, 6.45) is 4.79. The van der Waals surface area contributed by atoms with E-state index in [2.05, 4.69) is 20.2 Å². The summed E-state index contributed by atoms with van der Waals surface area (Å²) in [6, 6.07) is 9.76. The maximum Gasteiger partial charge on any atom is 0.259 e. The van der Waals surface area contributed by atoms with Crippen LogP contribution in [-0.2, 0) is 13.6 Å². The number of β-amino-alcohol motifs (C(OH)–C–C–N with tert-alkyl or cyclic N) is 1. The zero-order valence-electron chi connectivity index (χ0n) is 18.1. The number of aliphatic hydroxyl groups excluding tert-OH is 1. The highest BCUT2D eigenvalue weighted by Crippen LogP contribution is 2.36. The minimum Gasteiger partial charge on any atom is -0.390 e. The van der Waals surface area contributed by atoms with E-state index in [-0.39, 0.29) is 11.7 Å². The van der Waals surface area contributed by atoms with Crippen molar-refractivity contribution in [2.75, 3.05) is 18.4 Å². The molecule has 0 saturated carbocycles. The molecule has 3 heterocycles. The van der Waals surface area contributed by atoms with Gasteiger partial charge in [0, 0.05) is 59.6 Å². The standard InChI is InChI=1S/C24H23Cl2N5O2/c1-30-22-15(9-18(23(30)33)21-19(25)3-2-4-20(21)26)10-27-24(29-22)28-16-7-5-14(6-8-16)11-31-12-17(32)13-31/h3,5-10,17,32H,2,4,11-13H2,1H3,(H,27,28,29). The van der Waals surface area contributed by atoms with E-state index in [9.17, 15) is 9.90 Å². The molecule has 33 heavy (non-hydrogen) atoms. The quantitative estimate of drug-likeness (QED) is 0.567. The summed E-state index contributed by atoms with van der Waals surface area (Å²) in [6.45, 7) is 2.25. The van der Waals surface area contributed by atoms with Crippen LogP contribution in [0.1, 0.15) is 24.0 Å². The van der Waals surface area contributed by atoms with Crippen molar-refractivity contribution in [2.24, 2.45) is 7.05 Å². The molecule has 1 aliphatic heterocycles. The number of halogens is 2. The summed E-state index contributed by atoms with van der Waals surface area (Å²) >= 11 is 12.8. The largest absolute Gasteiger partial charge is 0.390 e. The molecule has 1 saturated heterocycles. The van der Waals surface area contributed by atoms with E-state index in [1.54, 1.807) is 19.3 Å². The summed E-state index contributed by atoms with van der Waals surface area (Å²) in [4.78, 5) is 24.3. The van der Waals surface area contributed by atoms with E-state index in [1.807, 2.05) is 30.3 Å². The Morgan fingerprint density at radius 2 is 1.97 bits per heavy atom. The summed E-state index contributed by atoms with van der Waals surface area (Å²) in [5.74, 6) is 0.400. The van der Waals surface area contributed by atoms with Gasteiger partial charge in [0.05, 0.1) is 11.7 Å². The Labute approximate surface area is 201 Å². The SMILES string of the molecule is Cn1c(=O)c(C2=C(Cl)CCC=C2Cl)cc2cnc(Nc3ccc(CN4CC(O)C4)cc3)nc21. The smallest absolute Gasteiger partial charge is 0.259 e. The van der Waals surface area contributed by atoms with Crippen molar-refractivity contribution in [3.8, 4) is 0 Å². The number of pyridine rings is 1. The lowest BCUT2D eigenvalue weighted by Crippen LogP contribution is -2.49. The maximum atomic E-state index is 13.1. The van der Waals surface area contributed by atoms with Crippen LogP contribution in [-0.4, -0.2) is 43.7 Å². The number of aromatic nitrogens is 3. The van der Waals surface area contributed by atoms with Gasteiger partial charge in [-0.1, -0.05) is 41.4 Å². The van der Waals surface area contributed by atoms with Crippen LogP contribution in [0, 0.1) is 0 Å². The molecule has 1 aliphatic carbocycles. The van der Waals surface area contributed by atoms with Crippen LogP contribution in [0.5, 0.6) is 0 Å². The molecule has 2 aliphatic rings. The lowest BCUT2D eigenvalue weighted by molar-refractivity contribution is -0.00286. The first-order valence-electron chi connectivity index (χ1n) is 10.8. The van der Waals surface area contributed by atoms with Gasteiger partial charge in [0.1, 0.15) is 5.65 Å². The topological polar surface area (TPSA) is 83.3 Å². The van der Waals surface area contributed by atoms with Crippen LogP contribution in [0.4, 0.5) is 11.6 Å². The first-order chi connectivity index (χ1) is 15.9. The summed E-state index contributed by atoms with van der Waals surface area (Å²) in [7, 11) is 1.68. The van der Waals surface area contributed by atoms with Gasteiger partial charge in [-0.2, -0.15) is 4.98 Å². The van der Waals surface area contributed by atoms with Gasteiger partial charge >= 0.3 is 0 Å². The fourth-order valence-corrected chi connectivity index (χ4v) is 4.88. The first-order valence-corrected chi connectivity index (χ1v) is 11.5. The summed E-state index contributed by atoms with van der Waals surface area (Å²) < 4.78 is 1.50. The Hall–Kier alpha value is -2.71. The van der Waals surface area contributed by atoms with Crippen molar-refractivity contribution in [2.45, 2.75) is 25.5 Å². The molecule has 9 heteroatoms. The van der Waals surface area contributed by atoms with Crippen molar-refractivity contribution in [3.63, 3.8) is 0 Å². The van der Waals surface area contributed by atoms with Crippen molar-refractivity contribution < 1.29 is 5.11 Å². The van der Waals surface area contributed by atoms with Crippen LogP contribution in [0.3, 0.4) is 0 Å². The van der Waals surface area contributed by atoms with Crippen LogP contribution < -0.4 is 10.9 Å². The van der Waals surface area contributed by atoms with Crippen molar-refractivity contribution in [1.82, 2.24) is 19.4 Å². The van der Waals surface area contributed by atoms with Gasteiger partial charge in [0.2, 0.25) is 5.95 Å². The van der Waals surface area contributed by atoms with Crippen LogP contribution in [0.15, 0.2) is 57.5 Å². The van der Waals surface area contributed by atoms with Crippen molar-refractivity contribution in [1.29, 1.82) is 0 Å². The fourth-order valence-electron chi connectivity index (χ4n) is 4.20. The minimum atomic E-state index is -0.214. The van der Waals surface area contributed by atoms with Gasteiger partial charge < -0.3 is 10.4 Å². The normalized spacial score (nSPS) is 17.3. The molecule has 2 aromatic heterocycles. The van der Waals surface area contributed by atoms with E-state index in [1.165, 1.54) is 10.1 Å². The highest BCUT2D eigenvalue weighted by Gasteiger charge is 2.24. The van der Waals surface area contributed by atoms with Gasteiger partial charge in [-0.15, -0.1) is 0 Å².